The molecule has 0 spiro atoms. The van der Waals surface area contributed by atoms with Gasteiger partial charge >= 0.3 is 0 Å². The minimum absolute atomic E-state index is 0.190. The molecule has 0 aliphatic carbocycles. The summed E-state index contributed by atoms with van der Waals surface area (Å²) in [5.41, 5.74) is 4.79. The van der Waals surface area contributed by atoms with Gasteiger partial charge in [0.25, 0.3) is 5.91 Å². The number of nitrogens with one attached hydrogen (secondary N) is 1. The summed E-state index contributed by atoms with van der Waals surface area (Å²) in [6.07, 6.45) is 0. The van der Waals surface area contributed by atoms with Crippen LogP contribution in [0.4, 0.5) is 5.69 Å². The summed E-state index contributed by atoms with van der Waals surface area (Å²) in [7, 11) is 0. The first-order valence-electron chi connectivity index (χ1n) is 10.6. The Morgan fingerprint density at radius 3 is 2.32 bits per heavy atom. The second-order valence-electron chi connectivity index (χ2n) is 7.83. The first-order valence-corrected chi connectivity index (χ1v) is 11.7. The van der Waals surface area contributed by atoms with Crippen LogP contribution in [0, 0.1) is 13.8 Å². The monoisotopic (exact) mass is 513 g/mol. The fourth-order valence-corrected chi connectivity index (χ4v) is 4.52. The van der Waals surface area contributed by atoms with Crippen LogP contribution >= 0.6 is 34.8 Å². The maximum atomic E-state index is 13.0. The van der Waals surface area contributed by atoms with Crippen molar-refractivity contribution < 1.29 is 9.53 Å². The molecule has 0 unspecified atom stereocenters. The van der Waals surface area contributed by atoms with Gasteiger partial charge in [-0.15, -0.1) is 0 Å². The predicted octanol–water partition coefficient (Wildman–Crippen LogP) is 7.34. The van der Waals surface area contributed by atoms with Crippen molar-refractivity contribution in [2.75, 3.05) is 5.32 Å². The molecule has 0 aliphatic heterocycles. The highest BCUT2D eigenvalue weighted by atomic mass is 35.5. The molecule has 5 nitrogen and oxygen atoms in total. The zero-order valence-corrected chi connectivity index (χ0v) is 20.9. The molecule has 3 aromatic carbocycles. The van der Waals surface area contributed by atoms with Crippen LogP contribution in [0.5, 0.6) is 5.75 Å². The molecule has 0 saturated carbocycles. The van der Waals surface area contributed by atoms with E-state index >= 15 is 0 Å². The lowest BCUT2D eigenvalue weighted by Gasteiger charge is -2.12. The molecule has 1 N–H and O–H groups in total. The Labute approximate surface area is 213 Å². The smallest absolute Gasteiger partial charge is 0.255 e. The van der Waals surface area contributed by atoms with E-state index in [9.17, 15) is 4.79 Å². The Balaban J connectivity index is 1.47. The molecule has 0 fully saturated rings. The van der Waals surface area contributed by atoms with Crippen LogP contribution in [0.15, 0.2) is 66.7 Å². The standard InChI is InChI=1S/C26H22Cl3N3O2/c1-16-24(17(2)32(31-16)14-18-7-4-3-5-8-18)30-26(33)20-10-6-9-19(11-20)15-34-25-22(28)12-21(27)13-23(25)29/h3-13H,14-15H2,1-2H3,(H,30,33). The summed E-state index contributed by atoms with van der Waals surface area (Å²) in [5, 5.41) is 8.69. The lowest BCUT2D eigenvalue weighted by molar-refractivity contribution is 0.102. The number of hydrogen-bond donors (Lipinski definition) is 1. The van der Waals surface area contributed by atoms with Crippen LogP contribution in [0.25, 0.3) is 0 Å². The third kappa shape index (κ3) is 5.55. The van der Waals surface area contributed by atoms with Gasteiger partial charge in [0.1, 0.15) is 6.61 Å². The highest BCUT2D eigenvalue weighted by Gasteiger charge is 2.16. The van der Waals surface area contributed by atoms with E-state index in [0.717, 1.165) is 22.5 Å². The maximum Gasteiger partial charge on any atom is 0.255 e. The SMILES string of the molecule is Cc1nn(Cc2ccccc2)c(C)c1NC(=O)c1cccc(COc2c(Cl)cc(Cl)cc2Cl)c1. The van der Waals surface area contributed by atoms with Gasteiger partial charge in [-0.3, -0.25) is 9.48 Å². The number of ether oxygens (including phenoxy) is 1. The van der Waals surface area contributed by atoms with Crippen molar-refractivity contribution in [3.05, 3.63) is 110 Å². The molecule has 0 bridgehead atoms. The molecule has 174 valence electrons. The van der Waals surface area contributed by atoms with Crippen molar-refractivity contribution in [1.29, 1.82) is 0 Å². The van der Waals surface area contributed by atoms with Crippen molar-refractivity contribution in [1.82, 2.24) is 9.78 Å². The Bertz CT molecular complexity index is 1310. The number of hydrogen-bond acceptors (Lipinski definition) is 3. The van der Waals surface area contributed by atoms with Crippen LogP contribution in [0.3, 0.4) is 0 Å². The molecule has 0 saturated heterocycles. The Hall–Kier alpha value is -2.99. The summed E-state index contributed by atoms with van der Waals surface area (Å²) in [4.78, 5) is 13.0. The molecule has 4 rings (SSSR count). The summed E-state index contributed by atoms with van der Waals surface area (Å²) in [6, 6.07) is 20.4. The van der Waals surface area contributed by atoms with Gasteiger partial charge < -0.3 is 10.1 Å². The molecule has 1 amide bonds. The number of amides is 1. The molecular formula is C26H22Cl3N3O2. The third-order valence-electron chi connectivity index (χ3n) is 5.33. The average Bonchev–Trinajstić information content (AvgIpc) is 3.06. The van der Waals surface area contributed by atoms with Gasteiger partial charge in [0, 0.05) is 10.6 Å². The van der Waals surface area contributed by atoms with Crippen molar-refractivity contribution in [2.45, 2.75) is 27.0 Å². The summed E-state index contributed by atoms with van der Waals surface area (Å²) in [5.74, 6) is 0.120. The van der Waals surface area contributed by atoms with Gasteiger partial charge in [0.05, 0.1) is 33.7 Å². The van der Waals surface area contributed by atoms with E-state index < -0.39 is 0 Å². The number of aromatic nitrogens is 2. The van der Waals surface area contributed by atoms with Gasteiger partial charge in [0.2, 0.25) is 0 Å². The number of nitrogens with zero attached hydrogens (tertiary/aromatic N) is 2. The number of aryl methyl sites for hydroxylation is 1. The normalized spacial score (nSPS) is 10.9. The van der Waals surface area contributed by atoms with Crippen LogP contribution in [-0.2, 0) is 13.2 Å². The Morgan fingerprint density at radius 2 is 1.62 bits per heavy atom. The lowest BCUT2D eigenvalue weighted by atomic mass is 10.1. The van der Waals surface area contributed by atoms with Gasteiger partial charge in [-0.2, -0.15) is 5.10 Å². The fourth-order valence-electron chi connectivity index (χ4n) is 3.60. The van der Waals surface area contributed by atoms with E-state index in [0.29, 0.717) is 38.6 Å². The molecular weight excluding hydrogens is 493 g/mol. The highest BCUT2D eigenvalue weighted by molar-refractivity contribution is 6.40. The van der Waals surface area contributed by atoms with Gasteiger partial charge in [0.15, 0.2) is 5.75 Å². The summed E-state index contributed by atoms with van der Waals surface area (Å²) in [6.45, 7) is 4.65. The molecule has 1 aromatic heterocycles. The highest BCUT2D eigenvalue weighted by Crippen LogP contribution is 2.36. The van der Waals surface area contributed by atoms with E-state index in [1.165, 1.54) is 0 Å². The maximum absolute atomic E-state index is 13.0. The van der Waals surface area contributed by atoms with E-state index in [1.807, 2.05) is 54.9 Å². The van der Waals surface area contributed by atoms with E-state index in [4.69, 9.17) is 39.5 Å². The first-order chi connectivity index (χ1) is 16.3. The minimum atomic E-state index is -0.227. The average molecular weight is 515 g/mol. The molecule has 0 atom stereocenters. The summed E-state index contributed by atoms with van der Waals surface area (Å²) >= 11 is 18.3. The molecule has 1 heterocycles. The van der Waals surface area contributed by atoms with E-state index in [-0.39, 0.29) is 12.5 Å². The van der Waals surface area contributed by atoms with E-state index in [2.05, 4.69) is 10.4 Å². The first kappa shape index (κ1) is 24.1. The number of halogens is 3. The van der Waals surface area contributed by atoms with Crippen LogP contribution < -0.4 is 10.1 Å². The largest absolute Gasteiger partial charge is 0.486 e. The van der Waals surface area contributed by atoms with Gasteiger partial charge in [-0.1, -0.05) is 77.3 Å². The zero-order chi connectivity index (χ0) is 24.2. The number of anilines is 1. The van der Waals surface area contributed by atoms with Crippen LogP contribution in [-0.4, -0.2) is 15.7 Å². The fraction of sp³-hybridized carbons (Fsp3) is 0.154. The molecule has 34 heavy (non-hydrogen) atoms. The van der Waals surface area contributed by atoms with Crippen LogP contribution in [0.2, 0.25) is 15.1 Å². The summed E-state index contributed by atoms with van der Waals surface area (Å²) < 4.78 is 7.69. The second-order valence-corrected chi connectivity index (χ2v) is 9.08. The van der Waals surface area contributed by atoms with Gasteiger partial charge in [-0.25, -0.2) is 0 Å². The van der Waals surface area contributed by atoms with Crippen molar-refractivity contribution in [2.24, 2.45) is 0 Å². The van der Waals surface area contributed by atoms with E-state index in [1.54, 1.807) is 30.3 Å². The quantitative estimate of drug-likeness (QED) is 0.281. The number of benzene rings is 3. The second kappa shape index (κ2) is 10.5. The molecule has 4 aromatic rings. The molecule has 0 radical (unpaired) electrons. The Kier molecular flexibility index (Phi) is 7.47. The molecule has 0 aliphatic rings. The van der Waals surface area contributed by atoms with Gasteiger partial charge in [-0.05, 0) is 49.2 Å². The minimum Gasteiger partial charge on any atom is -0.486 e. The Morgan fingerprint density at radius 1 is 0.941 bits per heavy atom. The van der Waals surface area contributed by atoms with Crippen molar-refractivity contribution in [3.63, 3.8) is 0 Å². The molecule has 8 heteroatoms. The third-order valence-corrected chi connectivity index (χ3v) is 6.11. The topological polar surface area (TPSA) is 56.2 Å². The van der Waals surface area contributed by atoms with Crippen molar-refractivity contribution in [3.8, 4) is 5.75 Å². The number of rotatable bonds is 7. The van der Waals surface area contributed by atoms with Crippen LogP contribution in [0.1, 0.15) is 32.9 Å². The van der Waals surface area contributed by atoms with Crippen molar-refractivity contribution >= 4 is 46.4 Å². The zero-order valence-electron chi connectivity index (χ0n) is 18.6. The lowest BCUT2D eigenvalue weighted by Crippen LogP contribution is -2.14. The predicted molar refractivity (Wildman–Crippen MR) is 137 cm³/mol. The number of carbonyl (C=O) groups excluding carboxylic acids is 1. The number of carbonyl (C=O) groups is 1.